The van der Waals surface area contributed by atoms with Gasteiger partial charge in [-0.15, -0.1) is 0 Å². The Labute approximate surface area is 200 Å². The van der Waals surface area contributed by atoms with Crippen molar-refractivity contribution < 1.29 is 13.9 Å². The lowest BCUT2D eigenvalue weighted by Crippen LogP contribution is -2.25. The minimum Gasteiger partial charge on any atom is -0.497 e. The summed E-state index contributed by atoms with van der Waals surface area (Å²) in [5.74, 6) is 0.700. The van der Waals surface area contributed by atoms with Crippen LogP contribution in [0.4, 0.5) is 10.1 Å². The van der Waals surface area contributed by atoms with Crippen molar-refractivity contribution in [2.75, 3.05) is 18.6 Å². The summed E-state index contributed by atoms with van der Waals surface area (Å²) in [6.45, 7) is 0.617. The summed E-state index contributed by atoms with van der Waals surface area (Å²) in [6.07, 6.45) is 0.266. The molecule has 5 nitrogen and oxygen atoms in total. The van der Waals surface area contributed by atoms with Crippen LogP contribution in [0.3, 0.4) is 0 Å². The van der Waals surface area contributed by atoms with Gasteiger partial charge < -0.3 is 14.2 Å². The van der Waals surface area contributed by atoms with Gasteiger partial charge in [0.1, 0.15) is 17.4 Å². The van der Waals surface area contributed by atoms with Gasteiger partial charge in [-0.25, -0.2) is 9.37 Å². The van der Waals surface area contributed by atoms with Gasteiger partial charge >= 0.3 is 0 Å². The van der Waals surface area contributed by atoms with Crippen molar-refractivity contribution in [2.24, 2.45) is 0 Å². The summed E-state index contributed by atoms with van der Waals surface area (Å²) in [4.78, 5) is 19.5. The third kappa shape index (κ3) is 3.94. The Morgan fingerprint density at radius 1 is 1.09 bits per heavy atom. The van der Waals surface area contributed by atoms with E-state index in [0.29, 0.717) is 39.4 Å². The van der Waals surface area contributed by atoms with Crippen LogP contribution in [0, 0.1) is 5.82 Å². The van der Waals surface area contributed by atoms with E-state index in [1.807, 2.05) is 28.8 Å². The minimum atomic E-state index is -0.376. The first-order chi connectivity index (χ1) is 16.0. The van der Waals surface area contributed by atoms with Crippen LogP contribution in [0.15, 0.2) is 60.7 Å². The topological polar surface area (TPSA) is 47.4 Å². The maximum absolute atomic E-state index is 14.6. The molecule has 0 aliphatic carbocycles. The molecule has 1 saturated heterocycles. The molecule has 0 spiro atoms. The number of rotatable bonds is 5. The number of aromatic nitrogens is 2. The molecule has 0 saturated carbocycles. The molecular weight excluding hydrogens is 464 g/mol. The van der Waals surface area contributed by atoms with E-state index in [2.05, 4.69) is 0 Å². The molecule has 0 unspecified atom stereocenters. The van der Waals surface area contributed by atoms with Crippen molar-refractivity contribution in [2.45, 2.75) is 18.9 Å². The molecular formula is C25H20Cl2FN3O2. The normalized spacial score (nSPS) is 16.1. The van der Waals surface area contributed by atoms with Gasteiger partial charge in [0.05, 0.1) is 35.4 Å². The fourth-order valence-corrected chi connectivity index (χ4v) is 4.80. The first-order valence-electron chi connectivity index (χ1n) is 10.5. The number of ether oxygens (including phenoxy) is 1. The second-order valence-corrected chi connectivity index (χ2v) is 8.78. The van der Waals surface area contributed by atoms with Crippen molar-refractivity contribution in [3.8, 4) is 5.75 Å². The molecule has 8 heteroatoms. The molecule has 0 bridgehead atoms. The smallest absolute Gasteiger partial charge is 0.227 e. The Hall–Kier alpha value is -3.09. The quantitative estimate of drug-likeness (QED) is 0.346. The molecule has 1 aromatic heterocycles. The van der Waals surface area contributed by atoms with Crippen molar-refractivity contribution in [3.05, 3.63) is 87.9 Å². The number of halogens is 3. The lowest BCUT2D eigenvalue weighted by atomic mass is 10.1. The number of methoxy groups -OCH3 is 1. The van der Waals surface area contributed by atoms with E-state index in [9.17, 15) is 9.18 Å². The Morgan fingerprint density at radius 2 is 1.91 bits per heavy atom. The number of anilines is 1. The third-order valence-corrected chi connectivity index (χ3v) is 6.67. The highest BCUT2D eigenvalue weighted by Crippen LogP contribution is 2.38. The van der Waals surface area contributed by atoms with Crippen LogP contribution in [0.2, 0.25) is 10.0 Å². The van der Waals surface area contributed by atoms with E-state index >= 15 is 0 Å². The fraction of sp³-hybridized carbons (Fsp3) is 0.200. The first kappa shape index (κ1) is 21.7. The molecule has 1 aliphatic rings. The van der Waals surface area contributed by atoms with E-state index in [1.165, 1.54) is 6.07 Å². The minimum absolute atomic E-state index is 0.0577. The molecule has 168 valence electrons. The van der Waals surface area contributed by atoms with Gasteiger partial charge in [-0.1, -0.05) is 41.4 Å². The number of benzene rings is 3. The average molecular weight is 484 g/mol. The van der Waals surface area contributed by atoms with Gasteiger partial charge in [0.25, 0.3) is 0 Å². The number of amides is 1. The standard InChI is InChI=1S/C25H20Cl2FN3O2/c1-33-16-9-10-19(27)23(12-16)30-13-15(11-24(30)32)25-29-21-7-2-3-8-22(21)31(25)14-17-18(26)5-4-6-20(17)28/h2-10,12,15H,11,13-14H2,1H3/t15-/m0/s1. The van der Waals surface area contributed by atoms with Gasteiger partial charge in [0.15, 0.2) is 0 Å². The number of hydrogen-bond acceptors (Lipinski definition) is 3. The molecule has 1 amide bonds. The molecule has 4 aromatic rings. The molecule has 1 fully saturated rings. The van der Waals surface area contributed by atoms with Crippen LogP contribution < -0.4 is 9.64 Å². The van der Waals surface area contributed by atoms with E-state index in [0.717, 1.165) is 11.0 Å². The van der Waals surface area contributed by atoms with Crippen LogP contribution in [-0.4, -0.2) is 29.1 Å². The van der Waals surface area contributed by atoms with Gasteiger partial charge in [-0.05, 0) is 36.4 Å². The predicted octanol–water partition coefficient (Wildman–Crippen LogP) is 6.06. The summed E-state index contributed by atoms with van der Waals surface area (Å²) in [6, 6.07) is 17.5. The molecule has 2 heterocycles. The molecule has 0 N–H and O–H groups in total. The van der Waals surface area contributed by atoms with E-state index < -0.39 is 0 Å². The zero-order valence-corrected chi connectivity index (χ0v) is 19.3. The third-order valence-electron chi connectivity index (χ3n) is 6.00. The highest BCUT2D eigenvalue weighted by atomic mass is 35.5. The van der Waals surface area contributed by atoms with Gasteiger partial charge in [-0.2, -0.15) is 0 Å². The van der Waals surface area contributed by atoms with Gasteiger partial charge in [-0.3, -0.25) is 4.79 Å². The summed E-state index contributed by atoms with van der Waals surface area (Å²) in [7, 11) is 1.57. The number of para-hydroxylation sites is 2. The van der Waals surface area contributed by atoms with E-state index in [4.69, 9.17) is 32.9 Å². The highest BCUT2D eigenvalue weighted by molar-refractivity contribution is 6.34. The Morgan fingerprint density at radius 3 is 2.70 bits per heavy atom. The largest absolute Gasteiger partial charge is 0.497 e. The molecule has 33 heavy (non-hydrogen) atoms. The summed E-state index contributed by atoms with van der Waals surface area (Å²) >= 11 is 12.7. The zero-order valence-electron chi connectivity index (χ0n) is 17.8. The Kier molecular flexibility index (Phi) is 5.72. The first-order valence-corrected chi connectivity index (χ1v) is 11.2. The zero-order chi connectivity index (χ0) is 23.1. The van der Waals surface area contributed by atoms with Crippen molar-refractivity contribution in [3.63, 3.8) is 0 Å². The Balaban J connectivity index is 1.56. The molecule has 5 rings (SSSR count). The highest BCUT2D eigenvalue weighted by Gasteiger charge is 2.36. The summed E-state index contributed by atoms with van der Waals surface area (Å²) < 4.78 is 21.9. The lowest BCUT2D eigenvalue weighted by Gasteiger charge is -2.19. The Bertz CT molecular complexity index is 1350. The van der Waals surface area contributed by atoms with Crippen LogP contribution in [0.25, 0.3) is 11.0 Å². The SMILES string of the molecule is COc1ccc(Cl)c(N2C[C@@H](c3nc4ccccc4n3Cc3c(F)cccc3Cl)CC2=O)c1. The predicted molar refractivity (Wildman–Crippen MR) is 128 cm³/mol. The number of fused-ring (bicyclic) bond motifs is 1. The lowest BCUT2D eigenvalue weighted by molar-refractivity contribution is -0.117. The maximum Gasteiger partial charge on any atom is 0.227 e. The number of carbonyl (C=O) groups is 1. The fourth-order valence-electron chi connectivity index (χ4n) is 4.35. The second kappa shape index (κ2) is 8.69. The number of imidazole rings is 1. The van der Waals surface area contributed by atoms with Crippen LogP contribution in [0.1, 0.15) is 23.7 Å². The van der Waals surface area contributed by atoms with E-state index in [1.54, 1.807) is 42.3 Å². The molecule has 1 atom stereocenters. The number of nitrogens with zero attached hydrogens (tertiary/aromatic N) is 3. The monoisotopic (exact) mass is 483 g/mol. The molecule has 3 aromatic carbocycles. The van der Waals surface area contributed by atoms with Crippen LogP contribution in [0.5, 0.6) is 5.75 Å². The van der Waals surface area contributed by atoms with Crippen LogP contribution >= 0.6 is 23.2 Å². The molecule has 0 radical (unpaired) electrons. The second-order valence-electron chi connectivity index (χ2n) is 7.97. The van der Waals surface area contributed by atoms with Gasteiger partial charge in [0, 0.05) is 35.5 Å². The summed E-state index contributed by atoms with van der Waals surface area (Å²) in [5, 5.41) is 0.822. The van der Waals surface area contributed by atoms with Crippen molar-refractivity contribution in [1.29, 1.82) is 0 Å². The maximum atomic E-state index is 14.6. The van der Waals surface area contributed by atoms with Crippen LogP contribution in [-0.2, 0) is 11.3 Å². The van der Waals surface area contributed by atoms with Crippen molar-refractivity contribution >= 4 is 45.8 Å². The van der Waals surface area contributed by atoms with E-state index in [-0.39, 0.29) is 30.6 Å². The van der Waals surface area contributed by atoms with Crippen molar-refractivity contribution in [1.82, 2.24) is 9.55 Å². The van der Waals surface area contributed by atoms with Gasteiger partial charge in [0.2, 0.25) is 5.91 Å². The number of hydrogen-bond donors (Lipinski definition) is 0. The molecule has 1 aliphatic heterocycles. The summed E-state index contributed by atoms with van der Waals surface area (Å²) in [5.41, 5.74) is 2.63. The average Bonchev–Trinajstić information content (AvgIpc) is 3.37. The number of carbonyl (C=O) groups excluding carboxylic acids is 1.